The summed E-state index contributed by atoms with van der Waals surface area (Å²) < 4.78 is 18.4. The smallest absolute Gasteiger partial charge is 0.271 e. The SMILES string of the molecule is O=C(c1cc(-c2ccc(F)cc2)n[nH]1)N1CC(c2nc(-c3ncccn3)no2)C1. The fourth-order valence-corrected chi connectivity index (χ4v) is 3.08. The van der Waals surface area contributed by atoms with Crippen molar-refractivity contribution < 1.29 is 13.7 Å². The highest BCUT2D eigenvalue weighted by molar-refractivity contribution is 5.94. The van der Waals surface area contributed by atoms with Gasteiger partial charge in [0, 0.05) is 31.0 Å². The summed E-state index contributed by atoms with van der Waals surface area (Å²) in [5.74, 6) is 0.628. The Morgan fingerprint density at radius 1 is 1.14 bits per heavy atom. The molecule has 29 heavy (non-hydrogen) atoms. The topological polar surface area (TPSA) is 114 Å². The number of likely N-dealkylation sites (tertiary alicyclic amines) is 1. The molecule has 1 fully saturated rings. The van der Waals surface area contributed by atoms with Crippen molar-refractivity contribution in [3.05, 3.63) is 66.2 Å². The van der Waals surface area contributed by atoms with Crippen molar-refractivity contribution in [2.24, 2.45) is 0 Å². The lowest BCUT2D eigenvalue weighted by Gasteiger charge is -2.36. The van der Waals surface area contributed by atoms with Crippen LogP contribution in [-0.4, -0.2) is 54.2 Å². The Hall–Kier alpha value is -3.95. The molecule has 144 valence electrons. The highest BCUT2D eigenvalue weighted by Gasteiger charge is 2.36. The molecule has 1 N–H and O–H groups in total. The summed E-state index contributed by atoms with van der Waals surface area (Å²) in [7, 11) is 0. The second-order valence-electron chi connectivity index (χ2n) is 6.61. The van der Waals surface area contributed by atoms with Gasteiger partial charge in [-0.15, -0.1) is 0 Å². The van der Waals surface area contributed by atoms with Crippen LogP contribution >= 0.6 is 0 Å². The largest absolute Gasteiger partial charge is 0.338 e. The third-order valence-corrected chi connectivity index (χ3v) is 4.67. The van der Waals surface area contributed by atoms with Crippen molar-refractivity contribution in [2.45, 2.75) is 5.92 Å². The highest BCUT2D eigenvalue weighted by Crippen LogP contribution is 2.28. The van der Waals surface area contributed by atoms with E-state index >= 15 is 0 Å². The van der Waals surface area contributed by atoms with Gasteiger partial charge in [0.2, 0.25) is 17.5 Å². The number of aromatic nitrogens is 6. The van der Waals surface area contributed by atoms with E-state index in [4.69, 9.17) is 4.52 Å². The van der Waals surface area contributed by atoms with Gasteiger partial charge in [0.1, 0.15) is 11.5 Å². The molecule has 4 aromatic rings. The number of H-pyrrole nitrogens is 1. The molecule has 0 radical (unpaired) electrons. The summed E-state index contributed by atoms with van der Waals surface area (Å²) in [5, 5.41) is 10.8. The van der Waals surface area contributed by atoms with E-state index in [0.717, 1.165) is 5.56 Å². The number of benzene rings is 1. The molecule has 3 aromatic heterocycles. The molecule has 0 unspecified atom stereocenters. The van der Waals surface area contributed by atoms with E-state index in [9.17, 15) is 9.18 Å². The van der Waals surface area contributed by atoms with Gasteiger partial charge in [-0.05, 0) is 36.4 Å². The number of amides is 1. The number of aromatic amines is 1. The molecule has 0 saturated carbocycles. The summed E-state index contributed by atoms with van der Waals surface area (Å²) >= 11 is 0. The minimum absolute atomic E-state index is 0.0385. The van der Waals surface area contributed by atoms with Gasteiger partial charge in [0.15, 0.2) is 0 Å². The minimum Gasteiger partial charge on any atom is -0.338 e. The second kappa shape index (κ2) is 6.89. The van der Waals surface area contributed by atoms with Gasteiger partial charge in [0.25, 0.3) is 5.91 Å². The molecular formula is C19H14FN7O2. The Morgan fingerprint density at radius 3 is 2.66 bits per heavy atom. The number of rotatable bonds is 4. The van der Waals surface area contributed by atoms with Gasteiger partial charge in [-0.1, -0.05) is 5.16 Å². The third kappa shape index (κ3) is 3.24. The molecule has 0 spiro atoms. The second-order valence-corrected chi connectivity index (χ2v) is 6.61. The van der Waals surface area contributed by atoms with Crippen molar-refractivity contribution in [1.82, 2.24) is 35.2 Å². The lowest BCUT2D eigenvalue weighted by atomic mass is 9.99. The lowest BCUT2D eigenvalue weighted by Crippen LogP contribution is -2.48. The van der Waals surface area contributed by atoms with Crippen LogP contribution in [0.25, 0.3) is 22.9 Å². The molecule has 1 aliphatic heterocycles. The first-order valence-corrected chi connectivity index (χ1v) is 8.89. The van der Waals surface area contributed by atoms with Gasteiger partial charge in [-0.25, -0.2) is 14.4 Å². The van der Waals surface area contributed by atoms with Crippen LogP contribution in [0.4, 0.5) is 4.39 Å². The highest BCUT2D eigenvalue weighted by atomic mass is 19.1. The van der Waals surface area contributed by atoms with Crippen molar-refractivity contribution in [3.63, 3.8) is 0 Å². The Bertz CT molecular complexity index is 1150. The number of carbonyl (C=O) groups excluding carboxylic acids is 1. The van der Waals surface area contributed by atoms with Crippen LogP contribution in [0.5, 0.6) is 0 Å². The molecule has 1 aromatic carbocycles. The molecule has 0 atom stereocenters. The Kier molecular flexibility index (Phi) is 4.08. The van der Waals surface area contributed by atoms with Crippen LogP contribution in [0.2, 0.25) is 0 Å². The van der Waals surface area contributed by atoms with Crippen molar-refractivity contribution in [2.75, 3.05) is 13.1 Å². The number of nitrogens with zero attached hydrogens (tertiary/aromatic N) is 6. The van der Waals surface area contributed by atoms with Crippen molar-refractivity contribution in [3.8, 4) is 22.9 Å². The predicted molar refractivity (Wildman–Crippen MR) is 98.0 cm³/mol. The van der Waals surface area contributed by atoms with Gasteiger partial charge in [0.05, 0.1) is 11.6 Å². The lowest BCUT2D eigenvalue weighted by molar-refractivity contribution is 0.0563. The Morgan fingerprint density at radius 2 is 1.90 bits per heavy atom. The number of hydrogen-bond donors (Lipinski definition) is 1. The van der Waals surface area contributed by atoms with E-state index in [-0.39, 0.29) is 17.6 Å². The number of halogens is 1. The fraction of sp³-hybridized carbons (Fsp3) is 0.158. The van der Waals surface area contributed by atoms with Gasteiger partial charge in [-0.2, -0.15) is 10.1 Å². The number of hydrogen-bond acceptors (Lipinski definition) is 7. The normalized spacial score (nSPS) is 14.0. The zero-order valence-electron chi connectivity index (χ0n) is 15.0. The van der Waals surface area contributed by atoms with Gasteiger partial charge >= 0.3 is 0 Å². The summed E-state index contributed by atoms with van der Waals surface area (Å²) in [5.41, 5.74) is 1.67. The summed E-state index contributed by atoms with van der Waals surface area (Å²) in [4.78, 5) is 26.8. The molecule has 5 rings (SSSR count). The Balaban J connectivity index is 1.24. The van der Waals surface area contributed by atoms with E-state index in [0.29, 0.717) is 42.0 Å². The standard InChI is InChI=1S/C19H14FN7O2/c20-13-4-2-11(3-5-13)14-8-15(25-24-14)19(28)27-9-12(10-27)18-23-17(26-29-18)16-21-6-1-7-22-16/h1-8,12H,9-10H2,(H,24,25). The molecule has 4 heterocycles. The molecule has 0 bridgehead atoms. The molecule has 9 nitrogen and oxygen atoms in total. The quantitative estimate of drug-likeness (QED) is 0.568. The average Bonchev–Trinajstić information content (AvgIpc) is 3.38. The molecule has 1 amide bonds. The van der Waals surface area contributed by atoms with Crippen molar-refractivity contribution in [1.29, 1.82) is 0 Å². The van der Waals surface area contributed by atoms with Crippen LogP contribution in [0, 0.1) is 5.82 Å². The monoisotopic (exact) mass is 391 g/mol. The van der Waals surface area contributed by atoms with Crippen LogP contribution in [0.3, 0.4) is 0 Å². The van der Waals surface area contributed by atoms with Crippen LogP contribution in [-0.2, 0) is 0 Å². The van der Waals surface area contributed by atoms with E-state index < -0.39 is 0 Å². The van der Waals surface area contributed by atoms with Gasteiger partial charge < -0.3 is 9.42 Å². The maximum atomic E-state index is 13.1. The summed E-state index contributed by atoms with van der Waals surface area (Å²) in [6.45, 7) is 0.919. The molecular weight excluding hydrogens is 377 g/mol. The average molecular weight is 391 g/mol. The van der Waals surface area contributed by atoms with E-state index in [1.807, 2.05) is 0 Å². The zero-order valence-corrected chi connectivity index (χ0v) is 15.0. The Labute approximate surface area is 163 Å². The number of nitrogens with one attached hydrogen (secondary N) is 1. The molecule has 10 heteroatoms. The van der Waals surface area contributed by atoms with Crippen LogP contribution < -0.4 is 0 Å². The fourth-order valence-electron chi connectivity index (χ4n) is 3.08. The summed E-state index contributed by atoms with van der Waals surface area (Å²) in [6.07, 6.45) is 3.21. The first kappa shape index (κ1) is 17.2. The molecule has 0 aliphatic carbocycles. The third-order valence-electron chi connectivity index (χ3n) is 4.67. The minimum atomic E-state index is -0.324. The van der Waals surface area contributed by atoms with E-state index in [2.05, 4.69) is 30.3 Å². The van der Waals surface area contributed by atoms with Crippen molar-refractivity contribution >= 4 is 5.91 Å². The van der Waals surface area contributed by atoms with Crippen LogP contribution in [0.1, 0.15) is 22.3 Å². The molecule has 1 saturated heterocycles. The predicted octanol–water partition coefficient (Wildman–Crippen LogP) is 2.30. The van der Waals surface area contributed by atoms with Crippen LogP contribution in [0.15, 0.2) is 53.3 Å². The summed E-state index contributed by atoms with van der Waals surface area (Å²) in [6, 6.07) is 9.29. The maximum Gasteiger partial charge on any atom is 0.271 e. The van der Waals surface area contributed by atoms with E-state index in [1.54, 1.807) is 41.6 Å². The molecule has 1 aliphatic rings. The first-order chi connectivity index (χ1) is 14.2. The maximum absolute atomic E-state index is 13.1. The number of carbonyl (C=O) groups is 1. The zero-order chi connectivity index (χ0) is 19.8. The van der Waals surface area contributed by atoms with E-state index in [1.165, 1.54) is 12.1 Å². The first-order valence-electron chi connectivity index (χ1n) is 8.89. The van der Waals surface area contributed by atoms with Gasteiger partial charge in [-0.3, -0.25) is 9.89 Å².